The molecule has 1 aliphatic carbocycles. The second kappa shape index (κ2) is 11.4. The van der Waals surface area contributed by atoms with E-state index in [0.717, 1.165) is 22.9 Å². The Bertz CT molecular complexity index is 3020. The van der Waals surface area contributed by atoms with Gasteiger partial charge in [0, 0.05) is 12.5 Å². The summed E-state index contributed by atoms with van der Waals surface area (Å²) in [5, 5.41) is 7.46. The number of hydrogen-bond donors (Lipinski definition) is 0. The summed E-state index contributed by atoms with van der Waals surface area (Å²) in [6.07, 6.45) is 0. The van der Waals surface area contributed by atoms with E-state index in [1.807, 2.05) is 12.1 Å². The quantitative estimate of drug-likeness (QED) is 0.171. The smallest absolute Gasteiger partial charge is 0.151 e. The van der Waals surface area contributed by atoms with Crippen LogP contribution in [0.25, 0.3) is 76.8 Å². The third kappa shape index (κ3) is 4.40. The zero-order valence-electron chi connectivity index (χ0n) is 30.5. The number of rotatable bonds is 3. The van der Waals surface area contributed by atoms with E-state index >= 15 is 0 Å². The first-order valence-corrected chi connectivity index (χ1v) is 18.8. The van der Waals surface area contributed by atoms with Crippen LogP contribution in [0.2, 0.25) is 0 Å². The minimum Gasteiger partial charge on any atom is -0.453 e. The predicted octanol–water partition coefficient (Wildman–Crippen LogP) is 14.3. The maximum absolute atomic E-state index is 6.43. The molecule has 0 bridgehead atoms. The Morgan fingerprint density at radius 2 is 1.04 bits per heavy atom. The Morgan fingerprint density at radius 1 is 0.407 bits per heavy atom. The second-order valence-electron chi connectivity index (χ2n) is 15.3. The molecular formula is C52H37NO. The highest BCUT2D eigenvalue weighted by atomic mass is 16.5. The average Bonchev–Trinajstić information content (AvgIpc) is 3.45. The van der Waals surface area contributed by atoms with Gasteiger partial charge < -0.3 is 9.64 Å². The van der Waals surface area contributed by atoms with Gasteiger partial charge in [-0.1, -0.05) is 147 Å². The second-order valence-corrected chi connectivity index (χ2v) is 15.3. The van der Waals surface area contributed by atoms with Gasteiger partial charge in [0.05, 0.1) is 11.4 Å². The van der Waals surface area contributed by atoms with Gasteiger partial charge in [0.1, 0.15) is 0 Å². The SMILES string of the molecule is CN1c2ccccc2Oc2ccc(-c3c4ccccc4c(-c4cccc5c4-c4ccccc4C5(C)C)c4cc(-c5ccc6ccccc6c5)ccc34)cc21. The van der Waals surface area contributed by atoms with Crippen LogP contribution >= 0.6 is 0 Å². The van der Waals surface area contributed by atoms with Gasteiger partial charge in [0.15, 0.2) is 11.5 Å². The van der Waals surface area contributed by atoms with Crippen molar-refractivity contribution in [1.82, 2.24) is 0 Å². The monoisotopic (exact) mass is 691 g/mol. The Balaban J connectivity index is 1.23. The molecule has 256 valence electrons. The van der Waals surface area contributed by atoms with Crippen LogP contribution in [0.5, 0.6) is 11.5 Å². The van der Waals surface area contributed by atoms with Crippen molar-refractivity contribution >= 4 is 43.7 Å². The maximum Gasteiger partial charge on any atom is 0.151 e. The minimum atomic E-state index is -0.0976. The first-order valence-electron chi connectivity index (χ1n) is 18.8. The molecule has 0 saturated heterocycles. The van der Waals surface area contributed by atoms with E-state index in [9.17, 15) is 0 Å². The molecule has 2 heteroatoms. The lowest BCUT2D eigenvalue weighted by molar-refractivity contribution is 0.475. The first-order chi connectivity index (χ1) is 26.5. The van der Waals surface area contributed by atoms with Crippen LogP contribution in [-0.2, 0) is 5.41 Å². The predicted molar refractivity (Wildman–Crippen MR) is 227 cm³/mol. The fourth-order valence-electron chi connectivity index (χ4n) is 9.38. The summed E-state index contributed by atoms with van der Waals surface area (Å²) >= 11 is 0. The molecule has 1 heterocycles. The summed E-state index contributed by atoms with van der Waals surface area (Å²) < 4.78 is 6.43. The number of nitrogens with zero attached hydrogens (tertiary/aromatic N) is 1. The van der Waals surface area contributed by atoms with Gasteiger partial charge in [-0.2, -0.15) is 0 Å². The summed E-state index contributed by atoms with van der Waals surface area (Å²) in [5.41, 5.74) is 14.9. The molecule has 11 rings (SSSR count). The summed E-state index contributed by atoms with van der Waals surface area (Å²) in [6, 6.07) is 62.5. The maximum atomic E-state index is 6.43. The molecule has 0 N–H and O–H groups in total. The van der Waals surface area contributed by atoms with Crippen molar-refractivity contribution in [1.29, 1.82) is 0 Å². The molecule has 0 radical (unpaired) electrons. The molecule has 0 saturated carbocycles. The van der Waals surface area contributed by atoms with Crippen LogP contribution in [0.1, 0.15) is 25.0 Å². The highest BCUT2D eigenvalue weighted by Crippen LogP contribution is 2.55. The molecule has 0 amide bonds. The first kappa shape index (κ1) is 30.9. The van der Waals surface area contributed by atoms with Gasteiger partial charge in [0.2, 0.25) is 0 Å². The Morgan fingerprint density at radius 3 is 1.93 bits per heavy atom. The Hall–Kier alpha value is -6.64. The molecule has 0 unspecified atom stereocenters. The third-order valence-corrected chi connectivity index (χ3v) is 12.0. The van der Waals surface area contributed by atoms with Crippen molar-refractivity contribution in [3.8, 4) is 56.0 Å². The number of benzene rings is 9. The van der Waals surface area contributed by atoms with E-state index in [1.54, 1.807) is 0 Å². The zero-order chi connectivity index (χ0) is 36.1. The number of para-hydroxylation sites is 2. The molecule has 54 heavy (non-hydrogen) atoms. The topological polar surface area (TPSA) is 12.5 Å². The molecule has 2 nitrogen and oxygen atoms in total. The zero-order valence-corrected chi connectivity index (χ0v) is 30.5. The van der Waals surface area contributed by atoms with Gasteiger partial charge in [-0.3, -0.25) is 0 Å². The van der Waals surface area contributed by atoms with Crippen LogP contribution in [0.3, 0.4) is 0 Å². The van der Waals surface area contributed by atoms with Gasteiger partial charge in [-0.15, -0.1) is 0 Å². The Labute approximate surface area is 315 Å². The standard InChI is InChI=1S/C52H37NO/c1-52(2)43-19-9-8-17-40(43)51-41(18-12-20-44(51)52)50-38-16-7-6-15-37(38)49(36-26-28-48-46(31-36)53(3)45-21-10-11-22-47(45)54-48)39-27-25-35(30-42(39)50)34-24-23-32-13-4-5-14-33(32)29-34/h4-31H,1-3H3. The fraction of sp³-hybridized carbons (Fsp3) is 0.0769. The molecule has 9 aromatic rings. The highest BCUT2D eigenvalue weighted by molar-refractivity contribution is 6.23. The molecule has 0 atom stereocenters. The lowest BCUT2D eigenvalue weighted by Crippen LogP contribution is -2.15. The van der Waals surface area contributed by atoms with Crippen molar-refractivity contribution in [3.05, 3.63) is 181 Å². The summed E-state index contributed by atoms with van der Waals surface area (Å²) in [4.78, 5) is 2.25. The van der Waals surface area contributed by atoms with Crippen LogP contribution < -0.4 is 9.64 Å². The average molecular weight is 692 g/mol. The van der Waals surface area contributed by atoms with E-state index < -0.39 is 0 Å². The van der Waals surface area contributed by atoms with Crippen LogP contribution in [-0.4, -0.2) is 7.05 Å². The molecule has 9 aromatic carbocycles. The largest absolute Gasteiger partial charge is 0.453 e. The van der Waals surface area contributed by atoms with Crippen LogP contribution in [0.4, 0.5) is 11.4 Å². The number of ether oxygens (including phenoxy) is 1. The summed E-state index contributed by atoms with van der Waals surface area (Å²) in [5.74, 6) is 1.74. The van der Waals surface area contributed by atoms with Crippen molar-refractivity contribution < 1.29 is 4.74 Å². The number of anilines is 2. The lowest BCUT2D eigenvalue weighted by atomic mass is 9.80. The molecule has 0 spiro atoms. The van der Waals surface area contributed by atoms with E-state index in [4.69, 9.17) is 4.74 Å². The van der Waals surface area contributed by atoms with E-state index in [1.165, 1.54) is 88.0 Å². The highest BCUT2D eigenvalue weighted by Gasteiger charge is 2.37. The molecule has 0 fully saturated rings. The lowest BCUT2D eigenvalue weighted by Gasteiger charge is -2.30. The molecular weight excluding hydrogens is 655 g/mol. The van der Waals surface area contributed by atoms with Gasteiger partial charge in [0.25, 0.3) is 0 Å². The van der Waals surface area contributed by atoms with Crippen molar-refractivity contribution in [2.75, 3.05) is 11.9 Å². The summed E-state index contributed by atoms with van der Waals surface area (Å²) in [6.45, 7) is 4.74. The molecule has 1 aliphatic heterocycles. The molecule has 2 aliphatic rings. The van der Waals surface area contributed by atoms with Gasteiger partial charge in [-0.25, -0.2) is 0 Å². The summed E-state index contributed by atoms with van der Waals surface area (Å²) in [7, 11) is 2.13. The number of fused-ring (bicyclic) bond motifs is 8. The third-order valence-electron chi connectivity index (χ3n) is 12.0. The van der Waals surface area contributed by atoms with Crippen molar-refractivity contribution in [2.24, 2.45) is 0 Å². The fourth-order valence-corrected chi connectivity index (χ4v) is 9.38. The van der Waals surface area contributed by atoms with Crippen molar-refractivity contribution in [2.45, 2.75) is 19.3 Å². The van der Waals surface area contributed by atoms with E-state index in [-0.39, 0.29) is 5.41 Å². The van der Waals surface area contributed by atoms with Crippen LogP contribution in [0, 0.1) is 0 Å². The van der Waals surface area contributed by atoms with E-state index in [0.29, 0.717) is 0 Å². The van der Waals surface area contributed by atoms with Gasteiger partial charge in [-0.05, 0) is 124 Å². The van der Waals surface area contributed by atoms with Crippen LogP contribution in [0.15, 0.2) is 170 Å². The van der Waals surface area contributed by atoms with E-state index in [2.05, 4.69) is 184 Å². The van der Waals surface area contributed by atoms with Crippen molar-refractivity contribution in [3.63, 3.8) is 0 Å². The minimum absolute atomic E-state index is 0.0976. The Kier molecular flexibility index (Phi) is 6.55. The molecule has 0 aromatic heterocycles. The van der Waals surface area contributed by atoms with Gasteiger partial charge >= 0.3 is 0 Å². The number of hydrogen-bond acceptors (Lipinski definition) is 2. The normalized spacial score (nSPS) is 13.7.